The third-order valence-corrected chi connectivity index (χ3v) is 2.42. The highest BCUT2D eigenvalue weighted by atomic mass is 19.1. The highest BCUT2D eigenvalue weighted by Crippen LogP contribution is 2.19. The van der Waals surface area contributed by atoms with Gasteiger partial charge in [0, 0.05) is 20.1 Å². The molecule has 0 atom stereocenters. The fourth-order valence-electron chi connectivity index (χ4n) is 1.40. The van der Waals surface area contributed by atoms with Crippen LogP contribution in [-0.4, -0.2) is 39.5 Å². The van der Waals surface area contributed by atoms with Crippen molar-refractivity contribution < 1.29 is 27.8 Å². The molecule has 1 aromatic carbocycles. The van der Waals surface area contributed by atoms with Gasteiger partial charge >= 0.3 is 5.97 Å². The van der Waals surface area contributed by atoms with Crippen LogP contribution < -0.4 is 5.73 Å². The van der Waals surface area contributed by atoms with E-state index in [0.29, 0.717) is 26.2 Å². The summed E-state index contributed by atoms with van der Waals surface area (Å²) in [6.45, 7) is 1.26. The first kappa shape index (κ1) is 16.3. The summed E-state index contributed by atoms with van der Waals surface area (Å²) in [5, 5.41) is 0. The fraction of sp³-hybridized carbons (Fsp3) is 0.462. The van der Waals surface area contributed by atoms with E-state index in [9.17, 15) is 13.6 Å². The standard InChI is InChI=1S/C13H17F2NO4/c1-18-7-8-19-5-2-6-20-13(17)11-9(14)3-4-10(16)12(11)15/h3-4H,2,5-8,16H2,1H3. The molecule has 2 N–H and O–H groups in total. The average molecular weight is 289 g/mol. The van der Waals surface area contributed by atoms with Crippen molar-refractivity contribution in [3.8, 4) is 0 Å². The van der Waals surface area contributed by atoms with E-state index in [-0.39, 0.29) is 12.3 Å². The van der Waals surface area contributed by atoms with E-state index in [1.54, 1.807) is 7.11 Å². The minimum atomic E-state index is -1.11. The Hall–Kier alpha value is -1.73. The summed E-state index contributed by atoms with van der Waals surface area (Å²) < 4.78 is 41.6. The molecule has 0 radical (unpaired) electrons. The largest absolute Gasteiger partial charge is 0.462 e. The van der Waals surface area contributed by atoms with Crippen molar-refractivity contribution in [2.45, 2.75) is 6.42 Å². The molecule has 0 heterocycles. The van der Waals surface area contributed by atoms with Gasteiger partial charge in [-0.2, -0.15) is 0 Å². The van der Waals surface area contributed by atoms with Crippen molar-refractivity contribution >= 4 is 11.7 Å². The molecule has 0 bridgehead atoms. The molecule has 1 aromatic rings. The minimum Gasteiger partial charge on any atom is -0.462 e. The second kappa shape index (κ2) is 8.44. The quantitative estimate of drug-likeness (QED) is 0.448. The van der Waals surface area contributed by atoms with Crippen LogP contribution in [0.15, 0.2) is 12.1 Å². The molecule has 5 nitrogen and oxygen atoms in total. The Bertz CT molecular complexity index is 454. The molecule has 0 amide bonds. The molecule has 0 spiro atoms. The van der Waals surface area contributed by atoms with Crippen LogP contribution in [0.25, 0.3) is 0 Å². The molecule has 0 aliphatic heterocycles. The highest BCUT2D eigenvalue weighted by molar-refractivity contribution is 5.91. The first-order valence-corrected chi connectivity index (χ1v) is 6.05. The number of carbonyl (C=O) groups excluding carboxylic acids is 1. The zero-order chi connectivity index (χ0) is 15.0. The zero-order valence-electron chi connectivity index (χ0n) is 11.2. The Morgan fingerprint density at radius 2 is 1.95 bits per heavy atom. The van der Waals surface area contributed by atoms with Crippen LogP contribution in [0.3, 0.4) is 0 Å². The molecule has 7 heteroatoms. The Labute approximate surface area is 115 Å². The fourth-order valence-corrected chi connectivity index (χ4v) is 1.40. The van der Waals surface area contributed by atoms with Crippen LogP contribution in [0.5, 0.6) is 0 Å². The molecule has 0 aliphatic carbocycles. The van der Waals surface area contributed by atoms with E-state index in [1.807, 2.05) is 0 Å². The number of hydrogen-bond acceptors (Lipinski definition) is 5. The average Bonchev–Trinajstić information content (AvgIpc) is 2.42. The Kier molecular flexibility index (Phi) is 6.89. The van der Waals surface area contributed by atoms with E-state index >= 15 is 0 Å². The molecular formula is C13H17F2NO4. The molecule has 112 valence electrons. The molecule has 1 rings (SSSR count). The van der Waals surface area contributed by atoms with Gasteiger partial charge in [-0.05, 0) is 12.1 Å². The number of esters is 1. The van der Waals surface area contributed by atoms with Crippen LogP contribution >= 0.6 is 0 Å². The topological polar surface area (TPSA) is 70.8 Å². The van der Waals surface area contributed by atoms with Crippen molar-refractivity contribution in [3.05, 3.63) is 29.3 Å². The third kappa shape index (κ3) is 4.75. The van der Waals surface area contributed by atoms with Gasteiger partial charge in [-0.3, -0.25) is 0 Å². The lowest BCUT2D eigenvalue weighted by Gasteiger charge is -2.08. The molecule has 20 heavy (non-hydrogen) atoms. The summed E-state index contributed by atoms with van der Waals surface area (Å²) in [7, 11) is 1.56. The van der Waals surface area contributed by atoms with Crippen LogP contribution in [0.4, 0.5) is 14.5 Å². The smallest absolute Gasteiger partial charge is 0.344 e. The number of benzene rings is 1. The van der Waals surface area contributed by atoms with E-state index in [0.717, 1.165) is 12.1 Å². The first-order valence-electron chi connectivity index (χ1n) is 6.05. The van der Waals surface area contributed by atoms with Gasteiger partial charge < -0.3 is 19.9 Å². The lowest BCUT2D eigenvalue weighted by atomic mass is 10.1. The third-order valence-electron chi connectivity index (χ3n) is 2.42. The summed E-state index contributed by atoms with van der Waals surface area (Å²) >= 11 is 0. The van der Waals surface area contributed by atoms with E-state index in [2.05, 4.69) is 0 Å². The molecule has 0 aromatic heterocycles. The monoisotopic (exact) mass is 289 g/mol. The van der Waals surface area contributed by atoms with Crippen molar-refractivity contribution in [2.24, 2.45) is 0 Å². The second-order valence-corrected chi connectivity index (χ2v) is 3.92. The summed E-state index contributed by atoms with van der Waals surface area (Å²) in [5.74, 6) is -3.19. The first-order chi connectivity index (χ1) is 9.57. The normalized spacial score (nSPS) is 10.6. The highest BCUT2D eigenvalue weighted by Gasteiger charge is 2.20. The zero-order valence-corrected chi connectivity index (χ0v) is 11.2. The van der Waals surface area contributed by atoms with Crippen molar-refractivity contribution in [3.63, 3.8) is 0 Å². The second-order valence-electron chi connectivity index (χ2n) is 3.92. The van der Waals surface area contributed by atoms with Gasteiger partial charge in [-0.25, -0.2) is 13.6 Å². The SMILES string of the molecule is COCCOCCCOC(=O)c1c(F)ccc(N)c1F. The van der Waals surface area contributed by atoms with Gasteiger partial charge in [0.2, 0.25) is 0 Å². The van der Waals surface area contributed by atoms with Crippen LogP contribution in [0.2, 0.25) is 0 Å². The van der Waals surface area contributed by atoms with Crippen LogP contribution in [0, 0.1) is 11.6 Å². The number of carbonyl (C=O) groups is 1. The molecule has 0 saturated heterocycles. The van der Waals surface area contributed by atoms with Crippen molar-refractivity contribution in [1.82, 2.24) is 0 Å². The lowest BCUT2D eigenvalue weighted by molar-refractivity contribution is 0.0378. The summed E-state index contributed by atoms with van der Waals surface area (Å²) in [5.41, 5.74) is 4.19. The maximum atomic E-state index is 13.5. The molecule has 0 aliphatic rings. The Morgan fingerprint density at radius 3 is 2.65 bits per heavy atom. The summed E-state index contributed by atoms with van der Waals surface area (Å²) in [4.78, 5) is 11.6. The molecule has 0 unspecified atom stereocenters. The van der Waals surface area contributed by atoms with Gasteiger partial charge in [-0.15, -0.1) is 0 Å². The maximum Gasteiger partial charge on any atom is 0.344 e. The number of hydrogen-bond donors (Lipinski definition) is 1. The van der Waals surface area contributed by atoms with Gasteiger partial charge in [0.25, 0.3) is 0 Å². The van der Waals surface area contributed by atoms with Crippen molar-refractivity contribution in [2.75, 3.05) is 39.3 Å². The number of anilines is 1. The lowest BCUT2D eigenvalue weighted by Crippen LogP contribution is -2.13. The molecular weight excluding hydrogens is 272 g/mol. The molecule has 0 saturated carbocycles. The Balaban J connectivity index is 2.38. The van der Waals surface area contributed by atoms with Gasteiger partial charge in [0.05, 0.1) is 25.5 Å². The Morgan fingerprint density at radius 1 is 1.20 bits per heavy atom. The number of methoxy groups -OCH3 is 1. The number of nitrogens with two attached hydrogens (primary N) is 1. The number of rotatable bonds is 8. The van der Waals surface area contributed by atoms with E-state index < -0.39 is 23.2 Å². The van der Waals surface area contributed by atoms with Gasteiger partial charge in [0.15, 0.2) is 5.82 Å². The maximum absolute atomic E-state index is 13.5. The predicted octanol–water partition coefficient (Wildman–Crippen LogP) is 1.76. The van der Waals surface area contributed by atoms with Crippen LogP contribution in [0.1, 0.15) is 16.8 Å². The summed E-state index contributed by atoms with van der Waals surface area (Å²) in [6, 6.07) is 1.97. The number of halogens is 2. The minimum absolute atomic E-state index is 0.000501. The predicted molar refractivity (Wildman–Crippen MR) is 68.4 cm³/mol. The van der Waals surface area contributed by atoms with Crippen LogP contribution in [-0.2, 0) is 14.2 Å². The van der Waals surface area contributed by atoms with E-state index in [1.165, 1.54) is 0 Å². The summed E-state index contributed by atoms with van der Waals surface area (Å²) in [6.07, 6.45) is 0.418. The molecule has 0 fully saturated rings. The van der Waals surface area contributed by atoms with Gasteiger partial charge in [0.1, 0.15) is 11.4 Å². The van der Waals surface area contributed by atoms with Crippen molar-refractivity contribution in [1.29, 1.82) is 0 Å². The number of nitrogen functional groups attached to an aromatic ring is 1. The number of ether oxygens (including phenoxy) is 3. The van der Waals surface area contributed by atoms with Gasteiger partial charge in [-0.1, -0.05) is 0 Å². The van der Waals surface area contributed by atoms with E-state index in [4.69, 9.17) is 19.9 Å².